The van der Waals surface area contributed by atoms with Gasteiger partial charge in [-0.3, -0.25) is 4.79 Å². The van der Waals surface area contributed by atoms with Gasteiger partial charge in [0.05, 0.1) is 18.2 Å². The van der Waals surface area contributed by atoms with Crippen LogP contribution in [0.25, 0.3) is 0 Å². The maximum atomic E-state index is 12.2. The van der Waals surface area contributed by atoms with Crippen molar-refractivity contribution < 1.29 is 9.90 Å². The second-order valence-corrected chi connectivity index (χ2v) is 4.69. The lowest BCUT2D eigenvalue weighted by molar-refractivity contribution is 0.0677. The average Bonchev–Trinajstić information content (AvgIpc) is 2.76. The first kappa shape index (κ1) is 12.6. The molecule has 0 spiro atoms. The quantitative estimate of drug-likeness (QED) is 0.840. The molecule has 0 saturated carbocycles. The van der Waals surface area contributed by atoms with E-state index in [1.54, 1.807) is 11.0 Å². The number of hydrogen-bond acceptors (Lipinski definition) is 3. The Morgan fingerprint density at radius 1 is 1.53 bits per heavy atom. The molecule has 1 aromatic heterocycles. The van der Waals surface area contributed by atoms with E-state index in [1.165, 1.54) is 6.07 Å². The average molecular weight is 275 g/mol. The molecular weight excluding hydrogens is 263 g/mol. The number of rotatable bonds is 2. The van der Waals surface area contributed by atoms with E-state index in [9.17, 15) is 9.90 Å². The van der Waals surface area contributed by atoms with E-state index in [0.29, 0.717) is 12.1 Å². The second-order valence-electron chi connectivity index (χ2n) is 3.95. The first-order valence-electron chi connectivity index (χ1n) is 5.37. The third-order valence-corrected chi connectivity index (χ3v) is 3.39. The van der Waals surface area contributed by atoms with Crippen molar-refractivity contribution >= 4 is 29.1 Å². The van der Waals surface area contributed by atoms with E-state index in [-0.39, 0.29) is 28.9 Å². The van der Waals surface area contributed by atoms with Gasteiger partial charge in [-0.25, -0.2) is 4.98 Å². The van der Waals surface area contributed by atoms with Crippen LogP contribution in [0, 0.1) is 0 Å². The third-order valence-electron chi connectivity index (χ3n) is 2.89. The normalized spacial score (nSPS) is 19.7. The van der Waals surface area contributed by atoms with E-state index in [1.807, 2.05) is 0 Å². The number of amides is 1. The SMILES string of the molecule is O=C(c1ccc(Cl)nc1Cl)N1CCC[C@H]1CO. The van der Waals surface area contributed by atoms with Gasteiger partial charge in [-0.05, 0) is 25.0 Å². The van der Waals surface area contributed by atoms with Crippen LogP contribution in [-0.4, -0.2) is 40.1 Å². The molecule has 1 aliphatic heterocycles. The molecule has 17 heavy (non-hydrogen) atoms. The van der Waals surface area contributed by atoms with Gasteiger partial charge in [-0.15, -0.1) is 0 Å². The molecule has 0 bridgehead atoms. The molecule has 6 heteroatoms. The van der Waals surface area contributed by atoms with Crippen molar-refractivity contribution in [3.8, 4) is 0 Å². The number of halogens is 2. The van der Waals surface area contributed by atoms with E-state index in [2.05, 4.69) is 4.98 Å². The van der Waals surface area contributed by atoms with Gasteiger partial charge in [0.15, 0.2) is 0 Å². The topological polar surface area (TPSA) is 53.4 Å². The predicted molar refractivity (Wildman–Crippen MR) is 65.4 cm³/mol. The van der Waals surface area contributed by atoms with Gasteiger partial charge in [0.2, 0.25) is 0 Å². The first-order chi connectivity index (χ1) is 8.13. The third kappa shape index (κ3) is 2.54. The number of nitrogens with zero attached hydrogens (tertiary/aromatic N) is 2. The van der Waals surface area contributed by atoms with Crippen LogP contribution in [0.2, 0.25) is 10.3 Å². The van der Waals surface area contributed by atoms with Crippen molar-refractivity contribution in [1.82, 2.24) is 9.88 Å². The minimum Gasteiger partial charge on any atom is -0.394 e. The van der Waals surface area contributed by atoms with E-state index in [4.69, 9.17) is 23.2 Å². The fraction of sp³-hybridized carbons (Fsp3) is 0.455. The summed E-state index contributed by atoms with van der Waals surface area (Å²) in [6.07, 6.45) is 1.72. The lowest BCUT2D eigenvalue weighted by Gasteiger charge is -2.23. The molecular formula is C11H12Cl2N2O2. The van der Waals surface area contributed by atoms with Crippen LogP contribution in [0.3, 0.4) is 0 Å². The molecule has 2 rings (SSSR count). The Kier molecular flexibility index (Phi) is 3.86. The lowest BCUT2D eigenvalue weighted by Crippen LogP contribution is -2.37. The molecule has 1 N–H and O–H groups in total. The zero-order valence-electron chi connectivity index (χ0n) is 9.07. The largest absolute Gasteiger partial charge is 0.394 e. The smallest absolute Gasteiger partial charge is 0.257 e. The molecule has 1 amide bonds. The summed E-state index contributed by atoms with van der Waals surface area (Å²) in [5.74, 6) is -0.198. The summed E-state index contributed by atoms with van der Waals surface area (Å²) < 4.78 is 0. The summed E-state index contributed by atoms with van der Waals surface area (Å²) in [7, 11) is 0. The van der Waals surface area contributed by atoms with Crippen molar-refractivity contribution in [2.24, 2.45) is 0 Å². The van der Waals surface area contributed by atoms with Gasteiger partial charge in [-0.1, -0.05) is 23.2 Å². The Labute approximate surface area is 109 Å². The van der Waals surface area contributed by atoms with Crippen molar-refractivity contribution in [2.45, 2.75) is 18.9 Å². The van der Waals surface area contributed by atoms with E-state index in [0.717, 1.165) is 12.8 Å². The van der Waals surface area contributed by atoms with Gasteiger partial charge >= 0.3 is 0 Å². The van der Waals surface area contributed by atoms with Gasteiger partial charge in [-0.2, -0.15) is 0 Å². The summed E-state index contributed by atoms with van der Waals surface area (Å²) >= 11 is 11.6. The maximum absolute atomic E-state index is 12.2. The van der Waals surface area contributed by atoms with Crippen molar-refractivity contribution in [1.29, 1.82) is 0 Å². The standard InChI is InChI=1S/C11H12Cl2N2O2/c12-9-4-3-8(10(13)14-9)11(17)15-5-1-2-7(15)6-16/h3-4,7,16H,1-2,5-6H2/t7-/m0/s1. The second kappa shape index (κ2) is 5.21. The number of likely N-dealkylation sites (tertiary alicyclic amines) is 1. The van der Waals surface area contributed by atoms with Crippen LogP contribution < -0.4 is 0 Å². The zero-order chi connectivity index (χ0) is 12.4. The van der Waals surface area contributed by atoms with Gasteiger partial charge in [0, 0.05) is 6.54 Å². The van der Waals surface area contributed by atoms with Gasteiger partial charge in [0.1, 0.15) is 10.3 Å². The molecule has 1 aliphatic rings. The summed E-state index contributed by atoms with van der Waals surface area (Å²) in [6, 6.07) is 2.98. The Morgan fingerprint density at radius 2 is 2.29 bits per heavy atom. The minimum atomic E-state index is -0.198. The number of carbonyl (C=O) groups excluding carboxylic acids is 1. The van der Waals surface area contributed by atoms with Crippen LogP contribution in [0.5, 0.6) is 0 Å². The predicted octanol–water partition coefficient (Wildman–Crippen LogP) is 1.99. The number of aliphatic hydroxyl groups excluding tert-OH is 1. The maximum Gasteiger partial charge on any atom is 0.257 e. The summed E-state index contributed by atoms with van der Waals surface area (Å²) in [5.41, 5.74) is 0.330. The molecule has 1 aromatic rings. The molecule has 0 unspecified atom stereocenters. The minimum absolute atomic E-state index is 0.0234. The van der Waals surface area contributed by atoms with Crippen LogP contribution in [0.1, 0.15) is 23.2 Å². The molecule has 0 radical (unpaired) electrons. The number of aromatic nitrogens is 1. The van der Waals surface area contributed by atoms with E-state index >= 15 is 0 Å². The molecule has 92 valence electrons. The number of carbonyl (C=O) groups is 1. The molecule has 0 aromatic carbocycles. The van der Waals surface area contributed by atoms with Crippen LogP contribution in [0.15, 0.2) is 12.1 Å². The highest BCUT2D eigenvalue weighted by atomic mass is 35.5. The Morgan fingerprint density at radius 3 is 2.94 bits per heavy atom. The Hall–Kier alpha value is -0.840. The number of aliphatic hydroxyl groups is 1. The highest BCUT2D eigenvalue weighted by Crippen LogP contribution is 2.23. The van der Waals surface area contributed by atoms with Crippen LogP contribution in [-0.2, 0) is 0 Å². The Bertz CT molecular complexity index is 439. The zero-order valence-corrected chi connectivity index (χ0v) is 10.6. The highest BCUT2D eigenvalue weighted by Gasteiger charge is 2.30. The van der Waals surface area contributed by atoms with Crippen molar-refractivity contribution in [2.75, 3.05) is 13.2 Å². The number of pyridine rings is 1. The molecule has 1 saturated heterocycles. The van der Waals surface area contributed by atoms with Gasteiger partial charge in [0.25, 0.3) is 5.91 Å². The Balaban J connectivity index is 2.24. The van der Waals surface area contributed by atoms with Crippen LogP contribution >= 0.6 is 23.2 Å². The summed E-state index contributed by atoms with van der Waals surface area (Å²) in [6.45, 7) is 0.618. The fourth-order valence-electron chi connectivity index (χ4n) is 2.02. The molecule has 1 atom stereocenters. The number of hydrogen-bond donors (Lipinski definition) is 1. The summed E-state index contributed by atoms with van der Waals surface area (Å²) in [4.78, 5) is 17.7. The molecule has 2 heterocycles. The fourth-order valence-corrected chi connectivity index (χ4v) is 2.44. The van der Waals surface area contributed by atoms with Crippen molar-refractivity contribution in [3.63, 3.8) is 0 Å². The molecule has 1 fully saturated rings. The van der Waals surface area contributed by atoms with Crippen molar-refractivity contribution in [3.05, 3.63) is 28.0 Å². The summed E-state index contributed by atoms with van der Waals surface area (Å²) in [5, 5.41) is 9.54. The van der Waals surface area contributed by atoms with Crippen LogP contribution in [0.4, 0.5) is 0 Å². The monoisotopic (exact) mass is 274 g/mol. The first-order valence-corrected chi connectivity index (χ1v) is 6.13. The molecule has 4 nitrogen and oxygen atoms in total. The lowest BCUT2D eigenvalue weighted by atomic mass is 10.2. The van der Waals surface area contributed by atoms with Gasteiger partial charge < -0.3 is 10.0 Å². The highest BCUT2D eigenvalue weighted by molar-refractivity contribution is 6.34. The molecule has 0 aliphatic carbocycles. The van der Waals surface area contributed by atoms with E-state index < -0.39 is 0 Å².